The maximum atomic E-state index is 13.0. The van der Waals surface area contributed by atoms with E-state index in [0.29, 0.717) is 0 Å². The first-order valence-corrected chi connectivity index (χ1v) is 6.06. The van der Waals surface area contributed by atoms with Gasteiger partial charge in [-0.1, -0.05) is 6.07 Å². The Labute approximate surface area is 98.4 Å². The van der Waals surface area contributed by atoms with Crippen LogP contribution >= 0.6 is 11.3 Å². The molecule has 0 bridgehead atoms. The third kappa shape index (κ3) is 2.58. The number of hydrogen-bond donors (Lipinski definition) is 0. The third-order valence-corrected chi connectivity index (χ3v) is 3.24. The van der Waals surface area contributed by atoms with Gasteiger partial charge in [-0.15, -0.1) is 11.3 Å². The summed E-state index contributed by atoms with van der Waals surface area (Å²) in [5, 5.41) is 2.05. The molecule has 0 aliphatic carbocycles. The van der Waals surface area contributed by atoms with Crippen LogP contribution in [0.15, 0.2) is 35.8 Å². The molecule has 0 N–H and O–H groups in total. The molecule has 0 radical (unpaired) electrons. The highest BCUT2D eigenvalue weighted by Gasteiger charge is 2.06. The molecule has 0 aliphatic heterocycles. The smallest absolute Gasteiger partial charge is 0.214 e. The molecule has 0 saturated carbocycles. The Morgan fingerprint density at radius 3 is 2.94 bits per heavy atom. The van der Waals surface area contributed by atoms with Gasteiger partial charge in [0, 0.05) is 29.4 Å². The Balaban J connectivity index is 2.16. The van der Waals surface area contributed by atoms with E-state index in [9.17, 15) is 4.39 Å². The molecule has 4 heteroatoms. The van der Waals surface area contributed by atoms with Gasteiger partial charge in [0.2, 0.25) is 5.95 Å². The summed E-state index contributed by atoms with van der Waals surface area (Å²) < 4.78 is 13.0. The number of hydrogen-bond acceptors (Lipinski definition) is 3. The lowest BCUT2D eigenvalue weighted by molar-refractivity contribution is 0.582. The number of rotatable bonds is 4. The van der Waals surface area contributed by atoms with Crippen LogP contribution in [0.2, 0.25) is 0 Å². The van der Waals surface area contributed by atoms with Gasteiger partial charge in [-0.3, -0.25) is 0 Å². The summed E-state index contributed by atoms with van der Waals surface area (Å²) in [6.45, 7) is 3.73. The minimum Gasteiger partial charge on any atom is -0.366 e. The molecule has 2 heterocycles. The van der Waals surface area contributed by atoms with Crippen LogP contribution in [0.4, 0.5) is 10.1 Å². The largest absolute Gasteiger partial charge is 0.366 e. The third-order valence-electron chi connectivity index (χ3n) is 2.38. The summed E-state index contributed by atoms with van der Waals surface area (Å²) in [6, 6.07) is 7.42. The predicted molar refractivity (Wildman–Crippen MR) is 65.2 cm³/mol. The van der Waals surface area contributed by atoms with Gasteiger partial charge in [0.05, 0.1) is 6.54 Å². The predicted octanol–water partition coefficient (Wildman–Crippen LogP) is 3.31. The van der Waals surface area contributed by atoms with E-state index >= 15 is 0 Å². The number of aromatic nitrogens is 1. The van der Waals surface area contributed by atoms with Crippen molar-refractivity contribution in [2.24, 2.45) is 0 Å². The van der Waals surface area contributed by atoms with E-state index < -0.39 is 5.95 Å². The molecular weight excluding hydrogens is 223 g/mol. The normalized spacial score (nSPS) is 10.4. The molecule has 0 amide bonds. The van der Waals surface area contributed by atoms with E-state index in [1.807, 2.05) is 12.1 Å². The van der Waals surface area contributed by atoms with Crippen molar-refractivity contribution in [3.8, 4) is 0 Å². The molecule has 16 heavy (non-hydrogen) atoms. The fourth-order valence-electron chi connectivity index (χ4n) is 1.57. The van der Waals surface area contributed by atoms with E-state index in [-0.39, 0.29) is 0 Å². The van der Waals surface area contributed by atoms with Gasteiger partial charge < -0.3 is 4.90 Å². The standard InChI is InChI=1S/C12H13FN2S/c1-2-15(9-11-4-3-7-16-11)10-5-6-14-12(13)8-10/h3-8H,2,9H2,1H3. The average molecular weight is 236 g/mol. The summed E-state index contributed by atoms with van der Waals surface area (Å²) in [7, 11) is 0. The summed E-state index contributed by atoms with van der Waals surface area (Å²) in [4.78, 5) is 6.96. The molecule has 0 spiro atoms. The molecule has 0 saturated heterocycles. The second-order valence-electron chi connectivity index (χ2n) is 3.43. The molecule has 2 rings (SSSR count). The Hall–Kier alpha value is -1.42. The van der Waals surface area contributed by atoms with Crippen LogP contribution in [0, 0.1) is 5.95 Å². The van der Waals surface area contributed by atoms with Crippen molar-refractivity contribution in [3.05, 3.63) is 46.7 Å². The second-order valence-corrected chi connectivity index (χ2v) is 4.46. The van der Waals surface area contributed by atoms with Gasteiger partial charge >= 0.3 is 0 Å². The molecule has 0 aromatic carbocycles. The van der Waals surface area contributed by atoms with Gasteiger partial charge in [-0.25, -0.2) is 4.98 Å². The van der Waals surface area contributed by atoms with Crippen LogP contribution in [0.1, 0.15) is 11.8 Å². The van der Waals surface area contributed by atoms with Crippen LogP contribution in [-0.2, 0) is 6.54 Å². The number of halogens is 1. The van der Waals surface area contributed by atoms with Crippen molar-refractivity contribution in [1.29, 1.82) is 0 Å². The number of pyridine rings is 1. The summed E-state index contributed by atoms with van der Waals surface area (Å²) in [6.07, 6.45) is 1.50. The van der Waals surface area contributed by atoms with E-state index in [4.69, 9.17) is 0 Å². The first-order chi connectivity index (χ1) is 7.79. The fraction of sp³-hybridized carbons (Fsp3) is 0.250. The summed E-state index contributed by atoms with van der Waals surface area (Å²) in [5.41, 5.74) is 0.878. The zero-order chi connectivity index (χ0) is 11.4. The van der Waals surface area contributed by atoms with Gasteiger partial charge in [0.1, 0.15) is 0 Å². The van der Waals surface area contributed by atoms with Crippen LogP contribution in [0.5, 0.6) is 0 Å². The molecule has 84 valence electrons. The van der Waals surface area contributed by atoms with Crippen molar-refractivity contribution < 1.29 is 4.39 Å². The molecule has 0 aliphatic rings. The van der Waals surface area contributed by atoms with Crippen LogP contribution in [-0.4, -0.2) is 11.5 Å². The highest BCUT2D eigenvalue weighted by atomic mass is 32.1. The number of nitrogens with zero attached hydrogens (tertiary/aromatic N) is 2. The van der Waals surface area contributed by atoms with Gasteiger partial charge in [0.15, 0.2) is 0 Å². The second kappa shape index (κ2) is 5.07. The van der Waals surface area contributed by atoms with E-state index in [2.05, 4.69) is 28.3 Å². The lowest BCUT2D eigenvalue weighted by Crippen LogP contribution is -2.21. The van der Waals surface area contributed by atoms with E-state index in [1.54, 1.807) is 11.3 Å². The zero-order valence-corrected chi connectivity index (χ0v) is 9.88. The summed E-state index contributed by atoms with van der Waals surface area (Å²) in [5.74, 6) is -0.429. The first-order valence-electron chi connectivity index (χ1n) is 5.18. The summed E-state index contributed by atoms with van der Waals surface area (Å²) >= 11 is 1.71. The Bertz CT molecular complexity index is 442. The van der Waals surface area contributed by atoms with Crippen LogP contribution < -0.4 is 4.90 Å². The molecule has 2 aromatic heterocycles. The van der Waals surface area contributed by atoms with E-state index in [0.717, 1.165) is 18.8 Å². The fourth-order valence-corrected chi connectivity index (χ4v) is 2.28. The molecule has 2 aromatic rings. The molecule has 0 unspecified atom stereocenters. The maximum Gasteiger partial charge on any atom is 0.214 e. The van der Waals surface area contributed by atoms with Crippen molar-refractivity contribution >= 4 is 17.0 Å². The number of anilines is 1. The molecule has 0 fully saturated rings. The minimum absolute atomic E-state index is 0.429. The minimum atomic E-state index is -0.429. The SMILES string of the molecule is CCN(Cc1cccs1)c1ccnc(F)c1. The van der Waals surface area contributed by atoms with Crippen molar-refractivity contribution in [1.82, 2.24) is 4.98 Å². The average Bonchev–Trinajstić information content (AvgIpc) is 2.78. The van der Waals surface area contributed by atoms with Crippen LogP contribution in [0.25, 0.3) is 0 Å². The first kappa shape index (κ1) is 11.1. The molecule has 2 nitrogen and oxygen atoms in total. The Morgan fingerprint density at radius 1 is 1.44 bits per heavy atom. The lowest BCUT2D eigenvalue weighted by Gasteiger charge is -2.22. The van der Waals surface area contributed by atoms with Crippen molar-refractivity contribution in [2.75, 3.05) is 11.4 Å². The van der Waals surface area contributed by atoms with E-state index in [1.165, 1.54) is 17.1 Å². The quantitative estimate of drug-likeness (QED) is 0.757. The van der Waals surface area contributed by atoms with Gasteiger partial charge in [-0.05, 0) is 24.4 Å². The number of thiophene rings is 1. The highest BCUT2D eigenvalue weighted by Crippen LogP contribution is 2.19. The van der Waals surface area contributed by atoms with Gasteiger partial charge in [0.25, 0.3) is 0 Å². The molecule has 0 atom stereocenters. The maximum absolute atomic E-state index is 13.0. The Kier molecular flexibility index (Phi) is 3.51. The molecular formula is C12H13FN2S. The van der Waals surface area contributed by atoms with Crippen molar-refractivity contribution in [3.63, 3.8) is 0 Å². The highest BCUT2D eigenvalue weighted by molar-refractivity contribution is 7.09. The Morgan fingerprint density at radius 2 is 2.31 bits per heavy atom. The van der Waals surface area contributed by atoms with Crippen molar-refractivity contribution in [2.45, 2.75) is 13.5 Å². The monoisotopic (exact) mass is 236 g/mol. The van der Waals surface area contributed by atoms with Crippen LogP contribution in [0.3, 0.4) is 0 Å². The lowest BCUT2D eigenvalue weighted by atomic mass is 10.3. The topological polar surface area (TPSA) is 16.1 Å². The zero-order valence-electron chi connectivity index (χ0n) is 9.06. The van der Waals surface area contributed by atoms with Gasteiger partial charge in [-0.2, -0.15) is 4.39 Å².